The van der Waals surface area contributed by atoms with E-state index in [0.717, 1.165) is 37.7 Å². The quantitative estimate of drug-likeness (QED) is 0.735. The molecule has 0 aromatic heterocycles. The van der Waals surface area contributed by atoms with Crippen LogP contribution in [0.1, 0.15) is 50.5 Å². The van der Waals surface area contributed by atoms with E-state index in [2.05, 4.69) is 42.2 Å². The molecular formula is C25H31N3O2. The maximum absolute atomic E-state index is 12.9. The third-order valence-corrected chi connectivity index (χ3v) is 7.73. The Kier molecular flexibility index (Phi) is 4.95. The first-order chi connectivity index (χ1) is 14.5. The molecule has 158 valence electrons. The van der Waals surface area contributed by atoms with Gasteiger partial charge in [0.25, 0.3) is 0 Å². The second kappa shape index (κ2) is 7.51. The zero-order valence-electron chi connectivity index (χ0n) is 17.6. The second-order valence-corrected chi connectivity index (χ2v) is 10.2. The van der Waals surface area contributed by atoms with Crippen molar-refractivity contribution in [1.82, 2.24) is 10.2 Å². The summed E-state index contributed by atoms with van der Waals surface area (Å²) in [6.07, 6.45) is 7.47. The van der Waals surface area contributed by atoms with Crippen LogP contribution < -0.4 is 5.32 Å². The largest absolute Gasteiger partial charge is 0.370 e. The monoisotopic (exact) mass is 405 g/mol. The minimum Gasteiger partial charge on any atom is -0.370 e. The number of ether oxygens (including phenoxy) is 1. The fraction of sp³-hybridized carbons (Fsp3) is 0.600. The summed E-state index contributed by atoms with van der Waals surface area (Å²) in [6, 6.07) is 12.3. The molecule has 4 bridgehead atoms. The summed E-state index contributed by atoms with van der Waals surface area (Å²) in [5.41, 5.74) is 2.13. The van der Waals surface area contributed by atoms with Gasteiger partial charge >= 0.3 is 0 Å². The van der Waals surface area contributed by atoms with E-state index in [1.807, 2.05) is 6.07 Å². The van der Waals surface area contributed by atoms with Crippen molar-refractivity contribution in [3.63, 3.8) is 0 Å². The fourth-order valence-corrected chi connectivity index (χ4v) is 6.91. The van der Waals surface area contributed by atoms with Crippen molar-refractivity contribution < 1.29 is 9.53 Å². The predicted octanol–water partition coefficient (Wildman–Crippen LogP) is 3.56. The lowest BCUT2D eigenvalue weighted by Crippen LogP contribution is -2.66. The number of hydrogen-bond acceptors (Lipinski definition) is 4. The van der Waals surface area contributed by atoms with Gasteiger partial charge in [0.1, 0.15) is 6.04 Å². The Morgan fingerprint density at radius 1 is 1.23 bits per heavy atom. The summed E-state index contributed by atoms with van der Waals surface area (Å²) in [6.45, 7) is 5.45. The van der Waals surface area contributed by atoms with Crippen molar-refractivity contribution in [3.05, 3.63) is 48.0 Å². The van der Waals surface area contributed by atoms with Crippen molar-refractivity contribution in [3.8, 4) is 6.07 Å². The molecule has 4 aliphatic carbocycles. The number of rotatable bonds is 6. The molecule has 1 heterocycles. The summed E-state index contributed by atoms with van der Waals surface area (Å²) in [5.74, 6) is 1.39. The number of hydrogen-bond donors (Lipinski definition) is 1. The molecule has 5 heteroatoms. The molecule has 5 fully saturated rings. The molecule has 30 heavy (non-hydrogen) atoms. The third-order valence-electron chi connectivity index (χ3n) is 7.73. The first kappa shape index (κ1) is 19.8. The summed E-state index contributed by atoms with van der Waals surface area (Å²) in [5, 5.41) is 13.0. The van der Waals surface area contributed by atoms with Gasteiger partial charge < -0.3 is 15.0 Å². The van der Waals surface area contributed by atoms with Crippen LogP contribution >= 0.6 is 0 Å². The minimum atomic E-state index is -0.358. The van der Waals surface area contributed by atoms with Crippen molar-refractivity contribution in [1.29, 1.82) is 5.26 Å². The van der Waals surface area contributed by atoms with Crippen LogP contribution in [0.4, 0.5) is 0 Å². The van der Waals surface area contributed by atoms with Gasteiger partial charge in [0.15, 0.2) is 0 Å². The van der Waals surface area contributed by atoms with Crippen molar-refractivity contribution in [2.45, 2.75) is 68.7 Å². The molecule has 1 N–H and O–H groups in total. The normalized spacial score (nSPS) is 36.8. The molecule has 0 radical (unpaired) electrons. The highest BCUT2D eigenvalue weighted by molar-refractivity contribution is 5.80. The Bertz CT molecular complexity index is 860. The number of nitriles is 1. The molecule has 1 aromatic carbocycles. The van der Waals surface area contributed by atoms with Gasteiger partial charge in [-0.3, -0.25) is 4.79 Å². The van der Waals surface area contributed by atoms with E-state index >= 15 is 0 Å². The van der Waals surface area contributed by atoms with E-state index in [-0.39, 0.29) is 23.1 Å². The average molecular weight is 406 g/mol. The van der Waals surface area contributed by atoms with Gasteiger partial charge in [0.05, 0.1) is 24.8 Å². The van der Waals surface area contributed by atoms with Crippen LogP contribution in [0.15, 0.2) is 42.5 Å². The van der Waals surface area contributed by atoms with Crippen molar-refractivity contribution in [2.75, 3.05) is 13.1 Å². The van der Waals surface area contributed by atoms with E-state index < -0.39 is 0 Å². The fourth-order valence-electron chi connectivity index (χ4n) is 6.91. The number of nitrogens with one attached hydrogen (secondary N) is 1. The van der Waals surface area contributed by atoms with E-state index in [1.54, 1.807) is 4.90 Å². The van der Waals surface area contributed by atoms with E-state index in [0.29, 0.717) is 38.0 Å². The standard InChI is InChI=1S/C25H31N3O2/c1-18-7-22(13-26)28(15-18)23(29)14-27-24-9-20-8-21(10-24)12-25(11-20,17-24)30-16-19-5-3-2-4-6-19/h2-6,20-22,27H,1,7-12,14-17H2/t20?,21?,22-,24?,25?/m0/s1. The summed E-state index contributed by atoms with van der Waals surface area (Å²) in [4.78, 5) is 14.6. The molecule has 1 aliphatic heterocycles. The van der Waals surface area contributed by atoms with E-state index in [1.165, 1.54) is 12.0 Å². The van der Waals surface area contributed by atoms with Crippen molar-refractivity contribution >= 4 is 5.91 Å². The highest BCUT2D eigenvalue weighted by Gasteiger charge is 2.58. The lowest BCUT2D eigenvalue weighted by molar-refractivity contribution is -0.182. The maximum atomic E-state index is 12.9. The van der Waals surface area contributed by atoms with Gasteiger partial charge in [-0.05, 0) is 55.9 Å². The molecular weight excluding hydrogens is 374 g/mol. The van der Waals surface area contributed by atoms with Gasteiger partial charge in [-0.1, -0.05) is 42.5 Å². The molecule has 1 aromatic rings. The summed E-state index contributed by atoms with van der Waals surface area (Å²) < 4.78 is 6.62. The topological polar surface area (TPSA) is 65.4 Å². The lowest BCUT2D eigenvalue weighted by atomic mass is 9.51. The zero-order chi connectivity index (χ0) is 20.8. The number of carbonyl (C=O) groups is 1. The van der Waals surface area contributed by atoms with Crippen LogP contribution in [0.3, 0.4) is 0 Å². The number of nitrogens with zero attached hydrogens (tertiary/aromatic N) is 2. The summed E-state index contributed by atoms with van der Waals surface area (Å²) >= 11 is 0. The minimum absolute atomic E-state index is 0.00466. The first-order valence-electron chi connectivity index (χ1n) is 11.3. The van der Waals surface area contributed by atoms with E-state index in [9.17, 15) is 10.1 Å². The number of likely N-dealkylation sites (tertiary alicyclic amines) is 1. The van der Waals surface area contributed by atoms with Crippen LogP contribution in [-0.2, 0) is 16.1 Å². The van der Waals surface area contributed by atoms with Gasteiger partial charge in [-0.25, -0.2) is 0 Å². The Balaban J connectivity index is 1.26. The highest BCUT2D eigenvalue weighted by atomic mass is 16.5. The summed E-state index contributed by atoms with van der Waals surface area (Å²) in [7, 11) is 0. The molecule has 1 amide bonds. The third kappa shape index (κ3) is 3.68. The van der Waals surface area contributed by atoms with Crippen molar-refractivity contribution in [2.24, 2.45) is 11.8 Å². The first-order valence-corrected chi connectivity index (χ1v) is 11.3. The Morgan fingerprint density at radius 3 is 2.67 bits per heavy atom. The molecule has 2 unspecified atom stereocenters. The second-order valence-electron chi connectivity index (χ2n) is 10.2. The van der Waals surface area contributed by atoms with Gasteiger partial charge in [0.2, 0.25) is 5.91 Å². The maximum Gasteiger partial charge on any atom is 0.237 e. The molecule has 5 aliphatic rings. The smallest absolute Gasteiger partial charge is 0.237 e. The SMILES string of the molecule is C=C1C[C@@H](C#N)N(C(=O)CNC23CC4CC(C2)CC(OCc2ccccc2)(C4)C3)C1. The number of amides is 1. The van der Waals surface area contributed by atoms with Crippen LogP contribution in [0, 0.1) is 23.2 Å². The molecule has 3 atom stereocenters. The van der Waals surface area contributed by atoms with Crippen LogP contribution in [-0.4, -0.2) is 41.1 Å². The molecule has 6 rings (SSSR count). The van der Waals surface area contributed by atoms with Crippen LogP contribution in [0.5, 0.6) is 0 Å². The molecule has 5 nitrogen and oxygen atoms in total. The highest BCUT2D eigenvalue weighted by Crippen LogP contribution is 2.59. The zero-order valence-corrected chi connectivity index (χ0v) is 17.6. The molecule has 4 saturated carbocycles. The van der Waals surface area contributed by atoms with Crippen LogP contribution in [0.25, 0.3) is 0 Å². The average Bonchev–Trinajstić information content (AvgIpc) is 3.11. The predicted molar refractivity (Wildman–Crippen MR) is 114 cm³/mol. The Morgan fingerprint density at radius 2 is 1.97 bits per heavy atom. The number of benzene rings is 1. The van der Waals surface area contributed by atoms with E-state index in [4.69, 9.17) is 4.74 Å². The number of carbonyl (C=O) groups excluding carboxylic acids is 1. The van der Waals surface area contributed by atoms with Crippen LogP contribution in [0.2, 0.25) is 0 Å². The van der Waals surface area contributed by atoms with Gasteiger partial charge in [0, 0.05) is 18.5 Å². The Labute approximate surface area is 179 Å². The molecule has 0 spiro atoms. The Hall–Kier alpha value is -2.16. The molecule has 1 saturated heterocycles. The lowest BCUT2D eigenvalue weighted by Gasteiger charge is -2.62. The van der Waals surface area contributed by atoms with Gasteiger partial charge in [-0.2, -0.15) is 5.26 Å². The van der Waals surface area contributed by atoms with Gasteiger partial charge in [-0.15, -0.1) is 0 Å².